The van der Waals surface area contributed by atoms with Crippen molar-refractivity contribution >= 4 is 11.7 Å². The van der Waals surface area contributed by atoms with Crippen LogP contribution in [0.3, 0.4) is 0 Å². The third kappa shape index (κ3) is 1.78. The van der Waals surface area contributed by atoms with Crippen LogP contribution >= 0.6 is 0 Å². The summed E-state index contributed by atoms with van der Waals surface area (Å²) >= 11 is 0. The molecule has 4 nitrogen and oxygen atoms in total. The molecule has 1 saturated heterocycles. The lowest BCUT2D eigenvalue weighted by Gasteiger charge is -2.16. The monoisotopic (exact) mass is 210 g/mol. The number of amides is 2. The highest BCUT2D eigenvalue weighted by Crippen LogP contribution is 2.20. The van der Waals surface area contributed by atoms with Gasteiger partial charge >= 0.3 is 6.03 Å². The maximum Gasteiger partial charge on any atom is 0.348 e. The largest absolute Gasteiger partial charge is 0.348 e. The van der Waals surface area contributed by atoms with Crippen LogP contribution in [0.2, 0.25) is 0 Å². The Bertz CT molecular complexity index is 366. The van der Waals surface area contributed by atoms with Crippen LogP contribution in [0.15, 0.2) is 24.3 Å². The Kier molecular flexibility index (Phi) is 2.55. The second-order valence-corrected chi connectivity index (χ2v) is 3.20. The van der Waals surface area contributed by atoms with Crippen LogP contribution in [0.1, 0.15) is 0 Å². The molecule has 1 aliphatic rings. The number of anilines is 1. The number of urea groups is 1. The number of hydrogen-bond donors (Lipinski definition) is 0. The molecule has 0 radical (unpaired) electrons. The predicted molar refractivity (Wildman–Crippen MR) is 52.9 cm³/mol. The fraction of sp³-hybridized carbons (Fsp3) is 0.300. The standard InChI is InChI=1S/C10H11FN2O2/c1-15-13-7-6-12(10(13)14)9-4-2-8(11)3-5-9/h2-5H,6-7H2,1H3. The average molecular weight is 210 g/mol. The molecule has 80 valence electrons. The lowest BCUT2D eigenvalue weighted by atomic mass is 10.3. The molecule has 0 atom stereocenters. The van der Waals surface area contributed by atoms with Crippen LogP contribution in [-0.4, -0.2) is 31.3 Å². The van der Waals surface area contributed by atoms with Gasteiger partial charge in [-0.3, -0.25) is 9.74 Å². The maximum atomic E-state index is 12.7. The molecule has 2 rings (SSSR count). The van der Waals surface area contributed by atoms with E-state index in [0.717, 1.165) is 0 Å². The Morgan fingerprint density at radius 2 is 1.93 bits per heavy atom. The highest BCUT2D eigenvalue weighted by molar-refractivity contribution is 5.93. The van der Waals surface area contributed by atoms with E-state index in [2.05, 4.69) is 0 Å². The van der Waals surface area contributed by atoms with Gasteiger partial charge in [0.25, 0.3) is 0 Å². The van der Waals surface area contributed by atoms with E-state index in [0.29, 0.717) is 18.8 Å². The van der Waals surface area contributed by atoms with E-state index in [9.17, 15) is 9.18 Å². The Balaban J connectivity index is 2.19. The summed E-state index contributed by atoms with van der Waals surface area (Å²) in [5, 5.41) is 1.27. The molecule has 1 aliphatic heterocycles. The first-order chi connectivity index (χ1) is 7.22. The first-order valence-corrected chi connectivity index (χ1v) is 4.61. The van der Waals surface area contributed by atoms with E-state index in [1.165, 1.54) is 24.3 Å². The van der Waals surface area contributed by atoms with Gasteiger partial charge < -0.3 is 0 Å². The van der Waals surface area contributed by atoms with Crippen molar-refractivity contribution in [3.8, 4) is 0 Å². The van der Waals surface area contributed by atoms with Crippen molar-refractivity contribution in [1.82, 2.24) is 5.06 Å². The first kappa shape index (κ1) is 9.92. The summed E-state index contributed by atoms with van der Waals surface area (Å²) in [5.74, 6) is -0.311. The number of hydroxylamine groups is 2. The minimum atomic E-state index is -0.311. The molecule has 1 aromatic rings. The van der Waals surface area contributed by atoms with Crippen molar-refractivity contribution in [2.24, 2.45) is 0 Å². The van der Waals surface area contributed by atoms with E-state index in [1.807, 2.05) is 0 Å². The Morgan fingerprint density at radius 3 is 2.47 bits per heavy atom. The molecule has 0 aliphatic carbocycles. The maximum absolute atomic E-state index is 12.7. The summed E-state index contributed by atoms with van der Waals surface area (Å²) in [6, 6.07) is 5.60. The smallest absolute Gasteiger partial charge is 0.291 e. The van der Waals surface area contributed by atoms with Gasteiger partial charge in [-0.25, -0.2) is 14.2 Å². The van der Waals surface area contributed by atoms with Gasteiger partial charge in [0.2, 0.25) is 0 Å². The van der Waals surface area contributed by atoms with Gasteiger partial charge in [0.1, 0.15) is 5.82 Å². The zero-order chi connectivity index (χ0) is 10.8. The Morgan fingerprint density at radius 1 is 1.27 bits per heavy atom. The zero-order valence-corrected chi connectivity index (χ0v) is 8.31. The van der Waals surface area contributed by atoms with Crippen molar-refractivity contribution in [3.05, 3.63) is 30.1 Å². The van der Waals surface area contributed by atoms with E-state index >= 15 is 0 Å². The van der Waals surface area contributed by atoms with Gasteiger partial charge in [0.15, 0.2) is 0 Å². The second-order valence-electron chi connectivity index (χ2n) is 3.20. The molecule has 15 heavy (non-hydrogen) atoms. The van der Waals surface area contributed by atoms with Gasteiger partial charge in [0.05, 0.1) is 13.7 Å². The normalized spacial score (nSPS) is 16.3. The molecule has 0 N–H and O–H groups in total. The third-order valence-electron chi connectivity index (χ3n) is 2.33. The van der Waals surface area contributed by atoms with Gasteiger partial charge in [0, 0.05) is 12.2 Å². The molecule has 2 amide bonds. The number of carbonyl (C=O) groups is 1. The summed E-state index contributed by atoms with van der Waals surface area (Å²) in [5.41, 5.74) is 0.681. The van der Waals surface area contributed by atoms with Gasteiger partial charge in [-0.1, -0.05) is 0 Å². The molecule has 0 bridgehead atoms. The average Bonchev–Trinajstić information content (AvgIpc) is 2.61. The molecule has 0 unspecified atom stereocenters. The van der Waals surface area contributed by atoms with Crippen molar-refractivity contribution in [2.45, 2.75) is 0 Å². The molecular weight excluding hydrogens is 199 g/mol. The number of halogens is 1. The third-order valence-corrected chi connectivity index (χ3v) is 2.33. The molecule has 5 heteroatoms. The van der Waals surface area contributed by atoms with Gasteiger partial charge in [-0.2, -0.15) is 0 Å². The summed E-state index contributed by atoms with van der Waals surface area (Å²) in [4.78, 5) is 18.1. The Hall–Kier alpha value is -1.62. The quantitative estimate of drug-likeness (QED) is 0.743. The van der Waals surface area contributed by atoms with Crippen molar-refractivity contribution in [3.63, 3.8) is 0 Å². The summed E-state index contributed by atoms with van der Waals surface area (Å²) < 4.78 is 12.7. The number of rotatable bonds is 2. The summed E-state index contributed by atoms with van der Waals surface area (Å²) in [6.07, 6.45) is 0. The number of carbonyl (C=O) groups excluding carboxylic acids is 1. The molecule has 0 aromatic heterocycles. The highest BCUT2D eigenvalue weighted by Gasteiger charge is 2.29. The van der Waals surface area contributed by atoms with E-state index in [1.54, 1.807) is 17.0 Å². The van der Waals surface area contributed by atoms with Crippen molar-refractivity contribution in [2.75, 3.05) is 25.1 Å². The van der Waals surface area contributed by atoms with Gasteiger partial charge in [-0.05, 0) is 24.3 Å². The van der Waals surface area contributed by atoms with E-state index in [4.69, 9.17) is 4.84 Å². The zero-order valence-electron chi connectivity index (χ0n) is 8.31. The van der Waals surface area contributed by atoms with E-state index < -0.39 is 0 Å². The molecule has 1 aromatic carbocycles. The molecular formula is C10H11FN2O2. The predicted octanol–water partition coefficient (Wildman–Crippen LogP) is 1.63. The fourth-order valence-electron chi connectivity index (χ4n) is 1.55. The lowest BCUT2D eigenvalue weighted by molar-refractivity contribution is -0.0698. The van der Waals surface area contributed by atoms with Crippen LogP contribution < -0.4 is 4.90 Å². The van der Waals surface area contributed by atoms with Crippen LogP contribution in [0.5, 0.6) is 0 Å². The van der Waals surface area contributed by atoms with Crippen LogP contribution in [-0.2, 0) is 4.84 Å². The fourth-order valence-corrected chi connectivity index (χ4v) is 1.55. The van der Waals surface area contributed by atoms with Crippen LogP contribution in [0.25, 0.3) is 0 Å². The SMILES string of the molecule is CON1CCN(c2ccc(F)cc2)C1=O. The van der Waals surface area contributed by atoms with Crippen molar-refractivity contribution < 1.29 is 14.0 Å². The first-order valence-electron chi connectivity index (χ1n) is 4.61. The molecule has 0 spiro atoms. The van der Waals surface area contributed by atoms with Crippen LogP contribution in [0.4, 0.5) is 14.9 Å². The summed E-state index contributed by atoms with van der Waals surface area (Å²) in [7, 11) is 1.45. The number of benzene rings is 1. The molecule has 1 heterocycles. The Labute approximate surface area is 86.8 Å². The second kappa shape index (κ2) is 3.86. The minimum Gasteiger partial charge on any atom is -0.291 e. The highest BCUT2D eigenvalue weighted by atomic mass is 19.1. The van der Waals surface area contributed by atoms with E-state index in [-0.39, 0.29) is 11.8 Å². The minimum absolute atomic E-state index is 0.218. The lowest BCUT2D eigenvalue weighted by Crippen LogP contribution is -2.30. The molecule has 1 fully saturated rings. The topological polar surface area (TPSA) is 32.8 Å². The number of hydrogen-bond acceptors (Lipinski definition) is 2. The summed E-state index contributed by atoms with van der Waals surface area (Å²) in [6.45, 7) is 1.07. The molecule has 0 saturated carbocycles. The van der Waals surface area contributed by atoms with Crippen molar-refractivity contribution in [1.29, 1.82) is 0 Å². The van der Waals surface area contributed by atoms with Gasteiger partial charge in [-0.15, -0.1) is 0 Å². The van der Waals surface area contributed by atoms with Crippen LogP contribution in [0, 0.1) is 5.82 Å². The number of nitrogens with zero attached hydrogens (tertiary/aromatic N) is 2.